The molecule has 0 atom stereocenters. The summed E-state index contributed by atoms with van der Waals surface area (Å²) in [5.41, 5.74) is -0.615. The van der Waals surface area contributed by atoms with Crippen LogP contribution in [0.25, 0.3) is 0 Å². The fourth-order valence-corrected chi connectivity index (χ4v) is 1.35. The summed E-state index contributed by atoms with van der Waals surface area (Å²) < 4.78 is 0. The molecule has 16 heavy (non-hydrogen) atoms. The van der Waals surface area contributed by atoms with Crippen molar-refractivity contribution in [2.24, 2.45) is 0 Å². The largest absolute Gasteiger partial charge is 0.395 e. The molecule has 4 N–H and O–H groups in total. The molecule has 0 radical (unpaired) electrons. The van der Waals surface area contributed by atoms with Crippen molar-refractivity contribution in [3.63, 3.8) is 0 Å². The molecule has 0 saturated heterocycles. The number of aromatic nitrogens is 2. The summed E-state index contributed by atoms with van der Waals surface area (Å²) in [5.74, 6) is 0. The summed E-state index contributed by atoms with van der Waals surface area (Å²) in [6, 6.07) is 0. The summed E-state index contributed by atoms with van der Waals surface area (Å²) in [5, 5.41) is 17.6. The van der Waals surface area contributed by atoms with E-state index in [1.807, 2.05) is 0 Å². The van der Waals surface area contributed by atoms with E-state index in [0.717, 1.165) is 0 Å². The SMILES string of the molecule is O=c1[nH]cc(CN(CCO)CCO)c(=O)[nH]1. The first-order valence-electron chi connectivity index (χ1n) is 4.92. The van der Waals surface area contributed by atoms with Gasteiger partial charge in [-0.2, -0.15) is 0 Å². The van der Waals surface area contributed by atoms with Gasteiger partial charge in [0.15, 0.2) is 0 Å². The first kappa shape index (κ1) is 12.6. The lowest BCUT2D eigenvalue weighted by Gasteiger charge is -2.19. The highest BCUT2D eigenvalue weighted by Gasteiger charge is 2.07. The van der Waals surface area contributed by atoms with Crippen molar-refractivity contribution in [3.8, 4) is 0 Å². The van der Waals surface area contributed by atoms with Crippen molar-refractivity contribution >= 4 is 0 Å². The van der Waals surface area contributed by atoms with Crippen LogP contribution in [-0.2, 0) is 6.54 Å². The third-order valence-electron chi connectivity index (χ3n) is 2.12. The number of aromatic amines is 2. The Labute approximate surface area is 91.4 Å². The molecule has 0 fully saturated rings. The molecule has 1 heterocycles. The number of H-pyrrole nitrogens is 2. The lowest BCUT2D eigenvalue weighted by atomic mass is 10.3. The Morgan fingerprint density at radius 2 is 1.81 bits per heavy atom. The highest BCUT2D eigenvalue weighted by Crippen LogP contribution is 1.95. The summed E-state index contributed by atoms with van der Waals surface area (Å²) in [7, 11) is 0. The van der Waals surface area contributed by atoms with E-state index in [1.54, 1.807) is 4.90 Å². The summed E-state index contributed by atoms with van der Waals surface area (Å²) >= 11 is 0. The minimum atomic E-state index is -0.551. The van der Waals surface area contributed by atoms with E-state index < -0.39 is 11.2 Å². The van der Waals surface area contributed by atoms with Crippen LogP contribution in [0.15, 0.2) is 15.8 Å². The second-order valence-corrected chi connectivity index (χ2v) is 3.32. The Kier molecular flexibility index (Phi) is 4.90. The van der Waals surface area contributed by atoms with Gasteiger partial charge in [-0.3, -0.25) is 14.7 Å². The molecule has 0 bridgehead atoms. The zero-order chi connectivity index (χ0) is 12.0. The number of aliphatic hydroxyl groups excluding tert-OH is 2. The van der Waals surface area contributed by atoms with Crippen LogP contribution >= 0.6 is 0 Å². The molecule has 0 aromatic carbocycles. The first-order chi connectivity index (χ1) is 7.67. The van der Waals surface area contributed by atoms with Gasteiger partial charge in [-0.25, -0.2) is 4.79 Å². The number of nitrogens with zero attached hydrogens (tertiary/aromatic N) is 1. The number of aliphatic hydroxyl groups is 2. The van der Waals surface area contributed by atoms with E-state index >= 15 is 0 Å². The summed E-state index contributed by atoms with van der Waals surface area (Å²) in [6.07, 6.45) is 1.34. The molecule has 7 heteroatoms. The van der Waals surface area contributed by atoms with Gasteiger partial charge in [0.2, 0.25) is 0 Å². The van der Waals surface area contributed by atoms with Crippen LogP contribution < -0.4 is 11.2 Å². The standard InChI is InChI=1S/C9H15N3O4/c13-3-1-12(2-4-14)6-7-5-10-9(16)11-8(7)15/h5,13-14H,1-4,6H2,(H2,10,11,15,16). The lowest BCUT2D eigenvalue weighted by Crippen LogP contribution is -2.33. The Bertz CT molecular complexity index is 419. The molecule has 1 aromatic heterocycles. The van der Waals surface area contributed by atoms with Crippen LogP contribution in [0.1, 0.15) is 5.56 Å². The van der Waals surface area contributed by atoms with Crippen LogP contribution in [0.4, 0.5) is 0 Å². The number of hydrogen-bond acceptors (Lipinski definition) is 5. The molecule has 0 aliphatic rings. The predicted molar refractivity (Wildman–Crippen MR) is 57.1 cm³/mol. The fraction of sp³-hybridized carbons (Fsp3) is 0.556. The normalized spacial score (nSPS) is 10.9. The van der Waals surface area contributed by atoms with Crippen molar-refractivity contribution in [3.05, 3.63) is 32.6 Å². The molecule has 7 nitrogen and oxygen atoms in total. The Balaban J connectivity index is 2.76. The zero-order valence-electron chi connectivity index (χ0n) is 8.77. The predicted octanol–water partition coefficient (Wildman–Crippen LogP) is -2.15. The van der Waals surface area contributed by atoms with Gasteiger partial charge in [0.05, 0.1) is 13.2 Å². The van der Waals surface area contributed by atoms with Crippen molar-refractivity contribution in [2.75, 3.05) is 26.3 Å². The molecular weight excluding hydrogens is 214 g/mol. The molecule has 0 aliphatic carbocycles. The maximum absolute atomic E-state index is 11.4. The Morgan fingerprint density at radius 3 is 2.31 bits per heavy atom. The van der Waals surface area contributed by atoms with Crippen molar-refractivity contribution in [2.45, 2.75) is 6.54 Å². The molecule has 0 saturated carbocycles. The van der Waals surface area contributed by atoms with Crippen LogP contribution in [0, 0.1) is 0 Å². The van der Waals surface area contributed by atoms with E-state index in [2.05, 4.69) is 9.97 Å². The molecule has 0 unspecified atom stereocenters. The lowest BCUT2D eigenvalue weighted by molar-refractivity contribution is 0.155. The Morgan fingerprint density at radius 1 is 1.19 bits per heavy atom. The molecule has 1 rings (SSSR count). The summed E-state index contributed by atoms with van der Waals surface area (Å²) in [4.78, 5) is 28.3. The van der Waals surface area contributed by atoms with Crippen LogP contribution in [0.5, 0.6) is 0 Å². The average Bonchev–Trinajstić information content (AvgIpc) is 2.23. The van der Waals surface area contributed by atoms with Gasteiger partial charge in [0, 0.05) is 31.4 Å². The quantitative estimate of drug-likeness (QED) is 0.444. The minimum Gasteiger partial charge on any atom is -0.395 e. The minimum absolute atomic E-state index is 0.0543. The van der Waals surface area contributed by atoms with Gasteiger partial charge in [0.25, 0.3) is 5.56 Å². The van der Waals surface area contributed by atoms with E-state index in [0.29, 0.717) is 18.7 Å². The molecule has 0 amide bonds. The van der Waals surface area contributed by atoms with Gasteiger partial charge in [0.1, 0.15) is 0 Å². The highest BCUT2D eigenvalue weighted by molar-refractivity contribution is 5.02. The van der Waals surface area contributed by atoms with Crippen LogP contribution in [0.2, 0.25) is 0 Å². The van der Waals surface area contributed by atoms with E-state index in [-0.39, 0.29) is 19.8 Å². The van der Waals surface area contributed by atoms with Gasteiger partial charge in [-0.15, -0.1) is 0 Å². The van der Waals surface area contributed by atoms with Crippen LogP contribution in [-0.4, -0.2) is 51.4 Å². The third kappa shape index (κ3) is 3.61. The number of rotatable bonds is 6. The topological polar surface area (TPSA) is 109 Å². The first-order valence-corrected chi connectivity index (χ1v) is 4.92. The van der Waals surface area contributed by atoms with Crippen molar-refractivity contribution < 1.29 is 10.2 Å². The highest BCUT2D eigenvalue weighted by atomic mass is 16.3. The average molecular weight is 229 g/mol. The van der Waals surface area contributed by atoms with Crippen molar-refractivity contribution in [1.29, 1.82) is 0 Å². The van der Waals surface area contributed by atoms with Gasteiger partial charge in [-0.1, -0.05) is 0 Å². The molecular formula is C9H15N3O4. The van der Waals surface area contributed by atoms with Gasteiger partial charge < -0.3 is 15.2 Å². The fourth-order valence-electron chi connectivity index (χ4n) is 1.35. The maximum Gasteiger partial charge on any atom is 0.325 e. The molecule has 1 aromatic rings. The second-order valence-electron chi connectivity index (χ2n) is 3.32. The van der Waals surface area contributed by atoms with Gasteiger partial charge >= 0.3 is 5.69 Å². The second kappa shape index (κ2) is 6.21. The van der Waals surface area contributed by atoms with E-state index in [1.165, 1.54) is 6.20 Å². The van der Waals surface area contributed by atoms with E-state index in [4.69, 9.17) is 10.2 Å². The summed E-state index contributed by atoms with van der Waals surface area (Å²) in [6.45, 7) is 0.883. The monoisotopic (exact) mass is 229 g/mol. The van der Waals surface area contributed by atoms with E-state index in [9.17, 15) is 9.59 Å². The molecule has 0 aliphatic heterocycles. The zero-order valence-corrected chi connectivity index (χ0v) is 8.77. The molecule has 90 valence electrons. The van der Waals surface area contributed by atoms with Gasteiger partial charge in [-0.05, 0) is 0 Å². The maximum atomic E-state index is 11.4. The van der Waals surface area contributed by atoms with Crippen LogP contribution in [0.3, 0.4) is 0 Å². The number of nitrogens with one attached hydrogen (secondary N) is 2. The molecule has 0 spiro atoms. The third-order valence-corrected chi connectivity index (χ3v) is 2.12. The van der Waals surface area contributed by atoms with Crippen molar-refractivity contribution in [1.82, 2.24) is 14.9 Å². The smallest absolute Gasteiger partial charge is 0.325 e. The Hall–Kier alpha value is -1.44. The number of hydrogen-bond donors (Lipinski definition) is 4.